The summed E-state index contributed by atoms with van der Waals surface area (Å²) in [7, 11) is 3.67. The third kappa shape index (κ3) is 7.02. The molecule has 1 aromatic carbocycles. The molecule has 2 rings (SSSR count). The molecule has 28 heavy (non-hydrogen) atoms. The molecule has 1 aromatic rings. The molecule has 0 radical (unpaired) electrons. The molecule has 0 saturated carbocycles. The number of carbonyl (C=O) groups excluding carboxylic acids is 1. The molecule has 7 heteroatoms. The molecular formula is C21H34FN5O. The summed E-state index contributed by atoms with van der Waals surface area (Å²) < 4.78 is 13.3. The summed E-state index contributed by atoms with van der Waals surface area (Å²) in [6, 6.07) is 6.66. The molecule has 0 spiro atoms. The van der Waals surface area contributed by atoms with Crippen molar-refractivity contribution in [2.75, 3.05) is 51.7 Å². The molecule has 1 heterocycles. The highest BCUT2D eigenvalue weighted by Crippen LogP contribution is 2.20. The van der Waals surface area contributed by atoms with E-state index in [2.05, 4.69) is 27.4 Å². The van der Waals surface area contributed by atoms with Crippen LogP contribution < -0.4 is 15.5 Å². The summed E-state index contributed by atoms with van der Waals surface area (Å²) in [4.78, 5) is 20.7. The van der Waals surface area contributed by atoms with Crippen molar-refractivity contribution in [1.82, 2.24) is 15.5 Å². The number of benzene rings is 1. The van der Waals surface area contributed by atoms with E-state index in [9.17, 15) is 9.18 Å². The first-order chi connectivity index (χ1) is 13.5. The fourth-order valence-electron chi connectivity index (χ4n) is 3.47. The van der Waals surface area contributed by atoms with Crippen LogP contribution in [0, 0.1) is 11.7 Å². The van der Waals surface area contributed by atoms with Gasteiger partial charge in [-0.05, 0) is 50.3 Å². The molecule has 0 unspecified atom stereocenters. The van der Waals surface area contributed by atoms with Gasteiger partial charge in [0, 0.05) is 58.9 Å². The minimum atomic E-state index is -0.211. The van der Waals surface area contributed by atoms with Crippen LogP contribution in [0.4, 0.5) is 10.1 Å². The predicted molar refractivity (Wildman–Crippen MR) is 113 cm³/mol. The van der Waals surface area contributed by atoms with E-state index < -0.39 is 0 Å². The third-order valence-corrected chi connectivity index (χ3v) is 5.16. The van der Waals surface area contributed by atoms with Crippen LogP contribution in [0.25, 0.3) is 0 Å². The van der Waals surface area contributed by atoms with Gasteiger partial charge in [-0.2, -0.15) is 0 Å². The fourth-order valence-corrected chi connectivity index (χ4v) is 3.47. The van der Waals surface area contributed by atoms with E-state index in [1.807, 2.05) is 13.1 Å². The van der Waals surface area contributed by atoms with Gasteiger partial charge in [0.1, 0.15) is 5.82 Å². The molecule has 6 nitrogen and oxygen atoms in total. The lowest BCUT2D eigenvalue weighted by molar-refractivity contribution is -0.121. The Balaban J connectivity index is 1.80. The molecule has 1 fully saturated rings. The summed E-state index contributed by atoms with van der Waals surface area (Å²) in [5.41, 5.74) is 0.883. The van der Waals surface area contributed by atoms with Gasteiger partial charge >= 0.3 is 0 Å². The van der Waals surface area contributed by atoms with Crippen LogP contribution in [0.2, 0.25) is 0 Å². The Kier molecular flexibility index (Phi) is 9.04. The van der Waals surface area contributed by atoms with Crippen molar-refractivity contribution in [3.8, 4) is 0 Å². The van der Waals surface area contributed by atoms with Crippen LogP contribution in [-0.4, -0.2) is 63.6 Å². The van der Waals surface area contributed by atoms with Gasteiger partial charge in [-0.15, -0.1) is 0 Å². The van der Waals surface area contributed by atoms with Crippen molar-refractivity contribution in [1.29, 1.82) is 0 Å². The van der Waals surface area contributed by atoms with E-state index in [-0.39, 0.29) is 11.7 Å². The van der Waals surface area contributed by atoms with Crippen molar-refractivity contribution in [3.05, 3.63) is 30.1 Å². The van der Waals surface area contributed by atoms with E-state index in [1.165, 1.54) is 6.07 Å². The van der Waals surface area contributed by atoms with Crippen molar-refractivity contribution in [2.45, 2.75) is 32.6 Å². The summed E-state index contributed by atoms with van der Waals surface area (Å²) in [6.45, 7) is 6.31. The molecule has 1 saturated heterocycles. The van der Waals surface area contributed by atoms with Crippen molar-refractivity contribution < 1.29 is 9.18 Å². The molecule has 156 valence electrons. The number of halogens is 1. The lowest BCUT2D eigenvalue weighted by Crippen LogP contribution is -2.46. The van der Waals surface area contributed by atoms with Gasteiger partial charge in [0.05, 0.1) is 0 Å². The number of piperidine rings is 1. The number of nitrogens with zero attached hydrogens (tertiary/aromatic N) is 3. The molecule has 0 aromatic heterocycles. The van der Waals surface area contributed by atoms with Crippen molar-refractivity contribution in [2.24, 2.45) is 10.9 Å². The van der Waals surface area contributed by atoms with Crippen LogP contribution in [0.15, 0.2) is 29.3 Å². The number of hydrogen-bond donors (Lipinski definition) is 2. The van der Waals surface area contributed by atoms with Gasteiger partial charge in [0.25, 0.3) is 0 Å². The SMILES string of the molecule is CCNC(=NCCCN(C)c1cccc(F)c1)N1CCC(CC(=O)NC)CC1. The Hall–Kier alpha value is -2.31. The summed E-state index contributed by atoms with van der Waals surface area (Å²) in [5.74, 6) is 1.33. The van der Waals surface area contributed by atoms with E-state index in [0.717, 1.165) is 63.6 Å². The first-order valence-corrected chi connectivity index (χ1v) is 10.2. The maximum Gasteiger partial charge on any atom is 0.220 e. The molecule has 0 atom stereocenters. The van der Waals surface area contributed by atoms with Gasteiger partial charge in [-0.3, -0.25) is 9.79 Å². The Morgan fingerprint density at radius 3 is 2.75 bits per heavy atom. The highest BCUT2D eigenvalue weighted by atomic mass is 19.1. The average Bonchev–Trinajstić information content (AvgIpc) is 2.70. The number of guanidine groups is 1. The number of carbonyl (C=O) groups is 1. The van der Waals surface area contributed by atoms with Gasteiger partial charge in [-0.1, -0.05) is 6.07 Å². The quantitative estimate of drug-likeness (QED) is 0.406. The smallest absolute Gasteiger partial charge is 0.220 e. The Bertz CT molecular complexity index is 643. The topological polar surface area (TPSA) is 60.0 Å². The molecule has 0 aliphatic carbocycles. The molecule has 1 aliphatic heterocycles. The molecule has 1 amide bonds. The van der Waals surface area contributed by atoms with E-state index in [0.29, 0.717) is 12.3 Å². The second-order valence-corrected chi connectivity index (χ2v) is 7.30. The number of likely N-dealkylation sites (tertiary alicyclic amines) is 1. The molecule has 0 bridgehead atoms. The van der Waals surface area contributed by atoms with E-state index in [4.69, 9.17) is 4.99 Å². The highest BCUT2D eigenvalue weighted by molar-refractivity contribution is 5.80. The fraction of sp³-hybridized carbons (Fsp3) is 0.619. The largest absolute Gasteiger partial charge is 0.374 e. The minimum absolute atomic E-state index is 0.126. The van der Waals surface area contributed by atoms with Crippen LogP contribution in [0.3, 0.4) is 0 Å². The Morgan fingerprint density at radius 1 is 1.36 bits per heavy atom. The zero-order valence-corrected chi connectivity index (χ0v) is 17.4. The number of aliphatic imine (C=N–C) groups is 1. The Labute approximate surface area is 168 Å². The highest BCUT2D eigenvalue weighted by Gasteiger charge is 2.22. The number of rotatable bonds is 8. The van der Waals surface area contributed by atoms with Crippen LogP contribution in [-0.2, 0) is 4.79 Å². The summed E-state index contributed by atoms with van der Waals surface area (Å²) in [6.07, 6.45) is 3.54. The monoisotopic (exact) mass is 391 g/mol. The Morgan fingerprint density at radius 2 is 2.11 bits per heavy atom. The van der Waals surface area contributed by atoms with Crippen LogP contribution in [0.5, 0.6) is 0 Å². The van der Waals surface area contributed by atoms with Gasteiger partial charge in [-0.25, -0.2) is 4.39 Å². The number of anilines is 1. The zero-order chi connectivity index (χ0) is 20.4. The minimum Gasteiger partial charge on any atom is -0.374 e. The summed E-state index contributed by atoms with van der Waals surface area (Å²) >= 11 is 0. The lowest BCUT2D eigenvalue weighted by Gasteiger charge is -2.34. The third-order valence-electron chi connectivity index (χ3n) is 5.16. The predicted octanol–water partition coefficient (Wildman–Crippen LogP) is 2.47. The maximum absolute atomic E-state index is 13.3. The first-order valence-electron chi connectivity index (χ1n) is 10.2. The first kappa shape index (κ1) is 22.0. The second kappa shape index (κ2) is 11.5. The summed E-state index contributed by atoms with van der Waals surface area (Å²) in [5, 5.41) is 6.09. The van der Waals surface area contributed by atoms with Gasteiger partial charge < -0.3 is 20.4 Å². The van der Waals surface area contributed by atoms with Crippen LogP contribution in [0.1, 0.15) is 32.6 Å². The van der Waals surface area contributed by atoms with Crippen molar-refractivity contribution >= 4 is 17.6 Å². The zero-order valence-electron chi connectivity index (χ0n) is 17.4. The van der Waals surface area contributed by atoms with Gasteiger partial charge in [0.2, 0.25) is 5.91 Å². The molecular weight excluding hydrogens is 357 g/mol. The van der Waals surface area contributed by atoms with Gasteiger partial charge in [0.15, 0.2) is 5.96 Å². The maximum atomic E-state index is 13.3. The van der Waals surface area contributed by atoms with E-state index >= 15 is 0 Å². The van der Waals surface area contributed by atoms with Crippen molar-refractivity contribution in [3.63, 3.8) is 0 Å². The normalized spacial score (nSPS) is 15.4. The second-order valence-electron chi connectivity index (χ2n) is 7.30. The molecule has 1 aliphatic rings. The number of hydrogen-bond acceptors (Lipinski definition) is 3. The van der Waals surface area contributed by atoms with Crippen LogP contribution >= 0.6 is 0 Å². The lowest BCUT2D eigenvalue weighted by atomic mass is 9.93. The molecule has 2 N–H and O–H groups in total. The number of nitrogens with one attached hydrogen (secondary N) is 2. The average molecular weight is 392 g/mol. The standard InChI is InChI=1S/C21H34FN5O/c1-4-24-21(27-13-9-17(10-14-27)15-20(28)23-2)25-11-6-12-26(3)19-8-5-7-18(22)16-19/h5,7-8,16-17H,4,6,9-15H2,1-3H3,(H,23,28)(H,24,25). The number of amides is 1. The van der Waals surface area contributed by atoms with E-state index in [1.54, 1.807) is 19.2 Å².